The zero-order valence-electron chi connectivity index (χ0n) is 16.0. The number of aromatic amines is 1. The second-order valence-corrected chi connectivity index (χ2v) is 9.29. The Morgan fingerprint density at radius 3 is 2.70 bits per heavy atom. The largest absolute Gasteiger partial charge is 0.388 e. The van der Waals surface area contributed by atoms with E-state index < -0.39 is 6.10 Å². The highest BCUT2D eigenvalue weighted by atomic mass is 35.5. The lowest BCUT2D eigenvalue weighted by Gasteiger charge is -2.43. The van der Waals surface area contributed by atoms with E-state index in [-0.39, 0.29) is 5.41 Å². The molecule has 5 nitrogen and oxygen atoms in total. The van der Waals surface area contributed by atoms with Crippen LogP contribution in [0.25, 0.3) is 10.9 Å². The Kier molecular flexibility index (Phi) is 4.93. The van der Waals surface area contributed by atoms with E-state index in [4.69, 9.17) is 11.6 Å². The topological polar surface area (TPSA) is 69.2 Å². The number of aromatic nitrogens is 2. The van der Waals surface area contributed by atoms with Crippen LogP contribution in [0.2, 0.25) is 5.02 Å². The van der Waals surface area contributed by atoms with Crippen molar-refractivity contribution in [3.05, 3.63) is 28.9 Å². The van der Waals surface area contributed by atoms with Crippen molar-refractivity contribution in [2.45, 2.75) is 52.1 Å². The number of carbonyl (C=O) groups is 1. The first-order chi connectivity index (χ1) is 12.9. The summed E-state index contributed by atoms with van der Waals surface area (Å²) in [6.45, 7) is 5.83. The standard InChI is InChI=1S/C21H28ClN3O2/c1-21(2,14-5-7-25(8-6-14)19(26)9-13-3-4-13)20(27)16-10-15(22)11-18-17(16)12-23-24-18/h10-14,20,27H,3-9H2,1-2H3,(H,23,24). The van der Waals surface area contributed by atoms with Gasteiger partial charge in [0.15, 0.2) is 0 Å². The van der Waals surface area contributed by atoms with E-state index in [1.54, 1.807) is 6.20 Å². The fraction of sp³-hybridized carbons (Fsp3) is 0.619. The Morgan fingerprint density at radius 1 is 1.33 bits per heavy atom. The Hall–Kier alpha value is -1.59. The molecular weight excluding hydrogens is 362 g/mol. The molecule has 4 rings (SSSR count). The molecule has 0 bridgehead atoms. The minimum atomic E-state index is -0.644. The van der Waals surface area contributed by atoms with Gasteiger partial charge in [-0.25, -0.2) is 0 Å². The number of likely N-dealkylation sites (tertiary alicyclic amines) is 1. The molecule has 2 N–H and O–H groups in total. The predicted molar refractivity (Wildman–Crippen MR) is 106 cm³/mol. The average Bonchev–Trinajstić information content (AvgIpc) is 3.34. The first-order valence-corrected chi connectivity index (χ1v) is 10.3. The fourth-order valence-corrected chi connectivity index (χ4v) is 4.69. The number of amides is 1. The maximum Gasteiger partial charge on any atom is 0.222 e. The quantitative estimate of drug-likeness (QED) is 0.800. The van der Waals surface area contributed by atoms with Gasteiger partial charge in [-0.05, 0) is 60.6 Å². The molecule has 2 heterocycles. The molecule has 1 aromatic heterocycles. The van der Waals surface area contributed by atoms with E-state index in [1.165, 1.54) is 12.8 Å². The van der Waals surface area contributed by atoms with Crippen LogP contribution in [0, 0.1) is 17.3 Å². The van der Waals surface area contributed by atoms with Crippen molar-refractivity contribution in [1.29, 1.82) is 0 Å². The summed E-state index contributed by atoms with van der Waals surface area (Å²) >= 11 is 6.26. The molecule has 1 atom stereocenters. The van der Waals surface area contributed by atoms with Crippen molar-refractivity contribution in [1.82, 2.24) is 15.1 Å². The lowest BCUT2D eigenvalue weighted by molar-refractivity contribution is -0.134. The summed E-state index contributed by atoms with van der Waals surface area (Å²) in [5.74, 6) is 1.29. The minimum Gasteiger partial charge on any atom is -0.388 e. The number of hydrogen-bond donors (Lipinski definition) is 2. The summed E-state index contributed by atoms with van der Waals surface area (Å²) in [5, 5.41) is 19.8. The van der Waals surface area contributed by atoms with Gasteiger partial charge in [-0.3, -0.25) is 9.89 Å². The SMILES string of the molecule is CC(C)(C1CCN(C(=O)CC2CC2)CC1)C(O)c1cc(Cl)cc2[nH]ncc12. The van der Waals surface area contributed by atoms with Crippen LogP contribution < -0.4 is 0 Å². The molecule has 6 heteroatoms. The maximum atomic E-state index is 12.4. The van der Waals surface area contributed by atoms with E-state index in [0.29, 0.717) is 22.8 Å². The summed E-state index contributed by atoms with van der Waals surface area (Å²) in [5.41, 5.74) is 1.34. The van der Waals surface area contributed by atoms with Crippen molar-refractivity contribution in [2.24, 2.45) is 17.3 Å². The number of nitrogens with zero attached hydrogens (tertiary/aromatic N) is 2. The van der Waals surface area contributed by atoms with E-state index >= 15 is 0 Å². The Labute approximate surface area is 165 Å². The number of carbonyl (C=O) groups excluding carboxylic acids is 1. The minimum absolute atomic E-state index is 0.309. The van der Waals surface area contributed by atoms with E-state index in [9.17, 15) is 9.90 Å². The molecular formula is C21H28ClN3O2. The molecule has 1 saturated heterocycles. The molecule has 27 heavy (non-hydrogen) atoms. The number of halogens is 1. The smallest absolute Gasteiger partial charge is 0.222 e. The highest BCUT2D eigenvalue weighted by Crippen LogP contribution is 2.46. The number of hydrogen-bond acceptors (Lipinski definition) is 3. The highest BCUT2D eigenvalue weighted by Gasteiger charge is 2.40. The zero-order valence-corrected chi connectivity index (χ0v) is 16.8. The number of piperidine rings is 1. The second-order valence-electron chi connectivity index (χ2n) is 8.85. The summed E-state index contributed by atoms with van der Waals surface area (Å²) in [6, 6.07) is 3.68. The molecule has 2 fully saturated rings. The molecule has 146 valence electrons. The van der Waals surface area contributed by atoms with Gasteiger partial charge >= 0.3 is 0 Å². The van der Waals surface area contributed by atoms with Crippen LogP contribution in [0.15, 0.2) is 18.3 Å². The van der Waals surface area contributed by atoms with Crippen LogP contribution in [-0.4, -0.2) is 39.2 Å². The van der Waals surface area contributed by atoms with Gasteiger partial charge in [-0.1, -0.05) is 25.4 Å². The average molecular weight is 390 g/mol. The number of H-pyrrole nitrogens is 1. The van der Waals surface area contributed by atoms with Gasteiger partial charge in [-0.15, -0.1) is 0 Å². The first kappa shape index (κ1) is 18.8. The molecule has 2 aromatic rings. The predicted octanol–water partition coefficient (Wildman–Crippen LogP) is 4.31. The number of fused-ring (bicyclic) bond motifs is 1. The third-order valence-corrected chi connectivity index (χ3v) is 6.83. The third-order valence-electron chi connectivity index (χ3n) is 6.61. The zero-order chi connectivity index (χ0) is 19.2. The summed E-state index contributed by atoms with van der Waals surface area (Å²) in [4.78, 5) is 14.4. The summed E-state index contributed by atoms with van der Waals surface area (Å²) in [6.07, 6.45) is 6.10. The molecule has 1 saturated carbocycles. The van der Waals surface area contributed by atoms with E-state index in [0.717, 1.165) is 48.8 Å². The van der Waals surface area contributed by atoms with Crippen molar-refractivity contribution in [3.63, 3.8) is 0 Å². The molecule has 1 aromatic carbocycles. The van der Waals surface area contributed by atoms with Crippen LogP contribution in [-0.2, 0) is 4.79 Å². The summed E-state index contributed by atoms with van der Waals surface area (Å²) in [7, 11) is 0. The molecule has 1 aliphatic carbocycles. The lowest BCUT2D eigenvalue weighted by atomic mass is 9.68. The van der Waals surface area contributed by atoms with E-state index in [1.807, 2.05) is 17.0 Å². The Bertz CT molecular complexity index is 835. The van der Waals surface area contributed by atoms with Crippen molar-refractivity contribution in [2.75, 3.05) is 13.1 Å². The van der Waals surface area contributed by atoms with Gasteiger partial charge in [0.2, 0.25) is 5.91 Å². The fourth-order valence-electron chi connectivity index (χ4n) is 4.46. The summed E-state index contributed by atoms with van der Waals surface area (Å²) < 4.78 is 0. The Balaban J connectivity index is 1.47. The maximum absolute atomic E-state index is 12.4. The molecule has 0 radical (unpaired) electrons. The molecule has 1 amide bonds. The van der Waals surface area contributed by atoms with Crippen LogP contribution in [0.1, 0.15) is 57.6 Å². The van der Waals surface area contributed by atoms with Gasteiger partial charge < -0.3 is 10.0 Å². The van der Waals surface area contributed by atoms with Crippen molar-refractivity contribution < 1.29 is 9.90 Å². The van der Waals surface area contributed by atoms with Gasteiger partial charge in [-0.2, -0.15) is 5.10 Å². The van der Waals surface area contributed by atoms with Crippen molar-refractivity contribution >= 4 is 28.4 Å². The number of nitrogens with one attached hydrogen (secondary N) is 1. The van der Waals surface area contributed by atoms with E-state index in [2.05, 4.69) is 24.0 Å². The highest BCUT2D eigenvalue weighted by molar-refractivity contribution is 6.31. The third kappa shape index (κ3) is 3.72. The normalized spacial score (nSPS) is 20.2. The van der Waals surface area contributed by atoms with Crippen LogP contribution >= 0.6 is 11.6 Å². The molecule has 1 aliphatic heterocycles. The molecule has 0 spiro atoms. The van der Waals surface area contributed by atoms with Crippen molar-refractivity contribution in [3.8, 4) is 0 Å². The number of benzene rings is 1. The number of rotatable bonds is 5. The lowest BCUT2D eigenvalue weighted by Crippen LogP contribution is -2.43. The number of aliphatic hydroxyl groups is 1. The monoisotopic (exact) mass is 389 g/mol. The van der Waals surface area contributed by atoms with Gasteiger partial charge in [0.05, 0.1) is 17.8 Å². The van der Waals surface area contributed by atoms with Crippen LogP contribution in [0.5, 0.6) is 0 Å². The second kappa shape index (κ2) is 7.10. The first-order valence-electron chi connectivity index (χ1n) is 9.94. The molecule has 2 aliphatic rings. The van der Waals surface area contributed by atoms with Crippen LogP contribution in [0.4, 0.5) is 0 Å². The Morgan fingerprint density at radius 2 is 2.04 bits per heavy atom. The molecule has 1 unspecified atom stereocenters. The van der Waals surface area contributed by atoms with Gasteiger partial charge in [0, 0.05) is 29.9 Å². The van der Waals surface area contributed by atoms with Crippen LogP contribution in [0.3, 0.4) is 0 Å². The van der Waals surface area contributed by atoms with Gasteiger partial charge in [0.25, 0.3) is 0 Å². The van der Waals surface area contributed by atoms with Gasteiger partial charge in [0.1, 0.15) is 0 Å². The number of aliphatic hydroxyl groups excluding tert-OH is 1.